The van der Waals surface area contributed by atoms with Crippen molar-refractivity contribution in [3.05, 3.63) is 33.9 Å². The molecule has 0 spiro atoms. The molecule has 1 amide bonds. The van der Waals surface area contributed by atoms with E-state index in [0.717, 1.165) is 0 Å². The predicted octanol–water partition coefficient (Wildman–Crippen LogP) is 1.87. The Kier molecular flexibility index (Phi) is 5.26. The van der Waals surface area contributed by atoms with E-state index in [1.54, 1.807) is 20.9 Å². The Morgan fingerprint density at radius 1 is 1.48 bits per heavy atom. The molecule has 0 aliphatic heterocycles. The van der Waals surface area contributed by atoms with Crippen LogP contribution in [0.15, 0.2) is 18.2 Å². The van der Waals surface area contributed by atoms with Crippen molar-refractivity contribution in [3.63, 3.8) is 0 Å². The lowest BCUT2D eigenvalue weighted by atomic mass is 10.0. The van der Waals surface area contributed by atoms with Crippen molar-refractivity contribution in [2.24, 2.45) is 0 Å². The second-order valence-corrected chi connectivity index (χ2v) is 5.35. The molecule has 0 radical (unpaired) electrons. The van der Waals surface area contributed by atoms with Gasteiger partial charge in [0.2, 0.25) is 0 Å². The van der Waals surface area contributed by atoms with Crippen molar-refractivity contribution in [1.82, 2.24) is 4.90 Å². The van der Waals surface area contributed by atoms with Gasteiger partial charge in [-0.3, -0.25) is 14.9 Å². The summed E-state index contributed by atoms with van der Waals surface area (Å²) >= 11 is 0. The molecule has 0 saturated carbocycles. The van der Waals surface area contributed by atoms with E-state index in [9.17, 15) is 20.0 Å². The molecular formula is C14H21N3O4. The fourth-order valence-electron chi connectivity index (χ4n) is 1.73. The summed E-state index contributed by atoms with van der Waals surface area (Å²) in [6.45, 7) is 5.69. The zero-order valence-electron chi connectivity index (χ0n) is 12.7. The van der Waals surface area contributed by atoms with E-state index in [0.29, 0.717) is 12.2 Å². The largest absolute Gasteiger partial charge is 0.394 e. The number of non-ortho nitro benzene ring substituents is 1. The first-order valence-electron chi connectivity index (χ1n) is 6.66. The van der Waals surface area contributed by atoms with Crippen molar-refractivity contribution in [2.75, 3.05) is 25.5 Å². The molecular weight excluding hydrogens is 274 g/mol. The molecule has 0 heterocycles. The fourth-order valence-corrected chi connectivity index (χ4v) is 1.73. The van der Waals surface area contributed by atoms with Gasteiger partial charge in [0.15, 0.2) is 0 Å². The minimum atomic E-state index is -0.759. The number of rotatable bonds is 6. The molecule has 1 aromatic carbocycles. The molecule has 1 aromatic rings. The van der Waals surface area contributed by atoms with Gasteiger partial charge < -0.3 is 15.3 Å². The third-order valence-electron chi connectivity index (χ3n) is 3.41. The second kappa shape index (κ2) is 6.53. The smallest absolute Gasteiger partial charge is 0.270 e. The Hall–Kier alpha value is -2.15. The maximum Gasteiger partial charge on any atom is 0.270 e. The van der Waals surface area contributed by atoms with E-state index >= 15 is 0 Å². The van der Waals surface area contributed by atoms with Gasteiger partial charge >= 0.3 is 0 Å². The highest BCUT2D eigenvalue weighted by molar-refractivity contribution is 6.00. The van der Waals surface area contributed by atoms with Crippen LogP contribution >= 0.6 is 0 Å². The Bertz CT molecular complexity index is 543. The van der Waals surface area contributed by atoms with E-state index in [4.69, 9.17) is 0 Å². The van der Waals surface area contributed by atoms with Gasteiger partial charge in [0, 0.05) is 31.4 Å². The zero-order chi connectivity index (χ0) is 16.2. The molecule has 0 aliphatic carbocycles. The van der Waals surface area contributed by atoms with Crippen LogP contribution in [-0.4, -0.2) is 46.6 Å². The summed E-state index contributed by atoms with van der Waals surface area (Å²) in [5.41, 5.74) is -0.149. The number of hydrogen-bond acceptors (Lipinski definition) is 5. The molecule has 1 rings (SSSR count). The lowest BCUT2D eigenvalue weighted by Crippen LogP contribution is -2.47. The van der Waals surface area contributed by atoms with Crippen LogP contribution in [0.4, 0.5) is 11.4 Å². The van der Waals surface area contributed by atoms with Crippen LogP contribution in [0.5, 0.6) is 0 Å². The number of benzene rings is 1. The molecule has 2 N–H and O–H groups in total. The maximum absolute atomic E-state index is 12.6. The number of nitrogens with one attached hydrogen (secondary N) is 1. The fraction of sp³-hybridized carbons (Fsp3) is 0.500. The van der Waals surface area contributed by atoms with Gasteiger partial charge in [-0.15, -0.1) is 0 Å². The zero-order valence-corrected chi connectivity index (χ0v) is 12.7. The minimum absolute atomic E-state index is 0.143. The number of nitrogens with zero attached hydrogens (tertiary/aromatic N) is 2. The number of likely N-dealkylation sites (N-methyl/N-ethyl adjacent to an activating group) is 1. The lowest BCUT2D eigenvalue weighted by molar-refractivity contribution is -0.384. The molecule has 0 bridgehead atoms. The summed E-state index contributed by atoms with van der Waals surface area (Å²) in [7, 11) is 1.56. The highest BCUT2D eigenvalue weighted by Crippen LogP contribution is 2.25. The number of carbonyl (C=O) groups excluding carboxylic acids is 1. The molecule has 21 heavy (non-hydrogen) atoms. The minimum Gasteiger partial charge on any atom is -0.394 e. The van der Waals surface area contributed by atoms with Crippen LogP contribution in [0.1, 0.15) is 31.1 Å². The normalized spacial score (nSPS) is 11.1. The number of hydrogen-bond donors (Lipinski definition) is 2. The highest BCUT2D eigenvalue weighted by atomic mass is 16.6. The van der Waals surface area contributed by atoms with Crippen LogP contribution in [0, 0.1) is 10.1 Å². The Morgan fingerprint density at radius 2 is 2.10 bits per heavy atom. The first kappa shape index (κ1) is 16.9. The van der Waals surface area contributed by atoms with E-state index in [1.807, 2.05) is 6.92 Å². The standard InChI is InChI=1S/C14H21N3O4/c1-5-15-12-7-6-10(17(20)21)8-11(12)13(19)16(4)14(2,3)9-18/h6-8,15,18H,5,9H2,1-4H3. The van der Waals surface area contributed by atoms with Crippen molar-refractivity contribution in [1.29, 1.82) is 0 Å². The maximum atomic E-state index is 12.6. The number of aliphatic hydroxyl groups excluding tert-OH is 1. The molecule has 0 fully saturated rings. The van der Waals surface area contributed by atoms with E-state index in [2.05, 4.69) is 5.32 Å². The van der Waals surface area contributed by atoms with Gasteiger partial charge in [0.25, 0.3) is 11.6 Å². The average Bonchev–Trinajstić information content (AvgIpc) is 2.46. The van der Waals surface area contributed by atoms with E-state index in [-0.39, 0.29) is 23.8 Å². The van der Waals surface area contributed by atoms with Crippen molar-refractivity contribution >= 4 is 17.3 Å². The van der Waals surface area contributed by atoms with Crippen LogP contribution in [0.2, 0.25) is 0 Å². The first-order valence-corrected chi connectivity index (χ1v) is 6.66. The number of nitro benzene ring substituents is 1. The highest BCUT2D eigenvalue weighted by Gasteiger charge is 2.29. The van der Waals surface area contributed by atoms with Crippen molar-refractivity contribution in [3.8, 4) is 0 Å². The number of anilines is 1. The summed E-state index contributed by atoms with van der Waals surface area (Å²) in [5.74, 6) is -0.381. The molecule has 7 nitrogen and oxygen atoms in total. The molecule has 0 atom stereocenters. The van der Waals surface area contributed by atoms with Crippen LogP contribution in [0.3, 0.4) is 0 Å². The number of aliphatic hydroxyl groups is 1. The summed E-state index contributed by atoms with van der Waals surface area (Å²) in [5, 5.41) is 23.3. The Labute approximate surface area is 123 Å². The Morgan fingerprint density at radius 3 is 2.57 bits per heavy atom. The second-order valence-electron chi connectivity index (χ2n) is 5.35. The van der Waals surface area contributed by atoms with Gasteiger partial charge in [0.1, 0.15) is 0 Å². The van der Waals surface area contributed by atoms with E-state index in [1.165, 1.54) is 23.1 Å². The van der Waals surface area contributed by atoms with Crippen molar-refractivity contribution in [2.45, 2.75) is 26.3 Å². The average molecular weight is 295 g/mol. The number of nitro groups is 1. The summed E-state index contributed by atoms with van der Waals surface area (Å²) in [6, 6.07) is 4.13. The predicted molar refractivity (Wildman–Crippen MR) is 80.5 cm³/mol. The van der Waals surface area contributed by atoms with Gasteiger partial charge in [-0.25, -0.2) is 0 Å². The molecule has 116 valence electrons. The quantitative estimate of drug-likeness (QED) is 0.617. The number of carbonyl (C=O) groups is 1. The van der Waals surface area contributed by atoms with Crippen LogP contribution in [-0.2, 0) is 0 Å². The van der Waals surface area contributed by atoms with Gasteiger partial charge in [-0.05, 0) is 26.8 Å². The monoisotopic (exact) mass is 295 g/mol. The molecule has 0 aliphatic rings. The third kappa shape index (κ3) is 3.69. The molecule has 0 saturated heterocycles. The van der Waals surface area contributed by atoms with Crippen LogP contribution < -0.4 is 5.32 Å². The Balaban J connectivity index is 3.28. The van der Waals surface area contributed by atoms with Gasteiger partial charge in [-0.1, -0.05) is 0 Å². The van der Waals surface area contributed by atoms with E-state index < -0.39 is 10.5 Å². The van der Waals surface area contributed by atoms with Gasteiger partial charge in [-0.2, -0.15) is 0 Å². The van der Waals surface area contributed by atoms with Gasteiger partial charge in [0.05, 0.1) is 22.6 Å². The van der Waals surface area contributed by atoms with Crippen LogP contribution in [0.25, 0.3) is 0 Å². The molecule has 0 aromatic heterocycles. The number of amides is 1. The summed E-state index contributed by atoms with van der Waals surface area (Å²) in [4.78, 5) is 24.3. The summed E-state index contributed by atoms with van der Waals surface area (Å²) in [6.07, 6.45) is 0. The molecule has 7 heteroatoms. The third-order valence-corrected chi connectivity index (χ3v) is 3.41. The lowest BCUT2D eigenvalue weighted by Gasteiger charge is -2.34. The SMILES string of the molecule is CCNc1ccc([N+](=O)[O-])cc1C(=O)N(C)C(C)(C)CO. The summed E-state index contributed by atoms with van der Waals surface area (Å²) < 4.78 is 0. The first-order chi connectivity index (χ1) is 9.74. The molecule has 0 unspecified atom stereocenters. The topological polar surface area (TPSA) is 95.7 Å². The van der Waals surface area contributed by atoms with Crippen molar-refractivity contribution < 1.29 is 14.8 Å².